The zero-order chi connectivity index (χ0) is 29.2. The van der Waals surface area contributed by atoms with Gasteiger partial charge in [-0.15, -0.1) is 0 Å². The van der Waals surface area contributed by atoms with Gasteiger partial charge in [0.15, 0.2) is 5.78 Å². The Morgan fingerprint density at radius 3 is 1.19 bits per heavy atom. The average Bonchev–Trinajstić information content (AvgIpc) is 3.08. The maximum absolute atomic E-state index is 13.8. The molecule has 1 nitrogen and oxygen atoms in total. The summed E-state index contributed by atoms with van der Waals surface area (Å²) in [6.45, 7) is 0. The Morgan fingerprint density at radius 2 is 0.744 bits per heavy atom. The van der Waals surface area contributed by atoms with E-state index >= 15 is 0 Å². The molecule has 0 saturated heterocycles. The quantitative estimate of drug-likeness (QED) is 0.170. The first-order chi connectivity index (χ1) is 21.2. The Morgan fingerprint density at radius 1 is 0.372 bits per heavy atom. The highest BCUT2D eigenvalue weighted by Gasteiger charge is 2.24. The average molecular weight is 616 g/mol. The molecule has 0 amide bonds. The van der Waals surface area contributed by atoms with Crippen LogP contribution in [0.3, 0.4) is 0 Å². The molecule has 0 aliphatic heterocycles. The second-order valence-electron chi connectivity index (χ2n) is 10.6. The molecule has 0 radical (unpaired) electrons. The van der Waals surface area contributed by atoms with Crippen molar-refractivity contribution in [3.8, 4) is 44.5 Å². The van der Waals surface area contributed by atoms with E-state index in [0.29, 0.717) is 11.1 Å². The molecular formula is C41H27BrO. The summed E-state index contributed by atoms with van der Waals surface area (Å²) in [5.41, 5.74) is 10.4. The molecule has 0 N–H and O–H groups in total. The number of hydrogen-bond donors (Lipinski definition) is 0. The van der Waals surface area contributed by atoms with Crippen LogP contribution in [0.15, 0.2) is 168 Å². The van der Waals surface area contributed by atoms with Gasteiger partial charge in [-0.2, -0.15) is 0 Å². The molecule has 0 fully saturated rings. The Bertz CT molecular complexity index is 2050. The van der Waals surface area contributed by atoms with Gasteiger partial charge >= 0.3 is 0 Å². The Hall–Kier alpha value is -5.05. The second kappa shape index (κ2) is 11.7. The molecule has 0 aliphatic rings. The monoisotopic (exact) mass is 614 g/mol. The van der Waals surface area contributed by atoms with Gasteiger partial charge < -0.3 is 0 Å². The molecule has 0 saturated carbocycles. The van der Waals surface area contributed by atoms with Crippen molar-refractivity contribution in [2.45, 2.75) is 0 Å². The number of ketones is 1. The summed E-state index contributed by atoms with van der Waals surface area (Å²) < 4.78 is 0.947. The summed E-state index contributed by atoms with van der Waals surface area (Å²) >= 11 is 3.49. The summed E-state index contributed by atoms with van der Waals surface area (Å²) in [6.07, 6.45) is 0. The van der Waals surface area contributed by atoms with Crippen molar-refractivity contribution < 1.29 is 4.79 Å². The smallest absolute Gasteiger partial charge is 0.193 e. The molecule has 0 aromatic heterocycles. The number of carbonyl (C=O) groups excluding carboxylic acids is 1. The first kappa shape index (κ1) is 26.8. The zero-order valence-electron chi connectivity index (χ0n) is 23.4. The lowest BCUT2D eigenvalue weighted by Crippen LogP contribution is -2.03. The van der Waals surface area contributed by atoms with E-state index in [4.69, 9.17) is 0 Å². The third kappa shape index (κ3) is 5.11. The largest absolute Gasteiger partial charge is 0.289 e. The van der Waals surface area contributed by atoms with Crippen molar-refractivity contribution in [3.05, 3.63) is 179 Å². The fourth-order valence-corrected chi connectivity index (χ4v) is 6.26. The highest BCUT2D eigenvalue weighted by atomic mass is 79.9. The minimum atomic E-state index is 0.00284. The van der Waals surface area contributed by atoms with Gasteiger partial charge in [-0.3, -0.25) is 4.79 Å². The number of fused-ring (bicyclic) bond motifs is 1. The molecule has 7 rings (SSSR count). The summed E-state index contributed by atoms with van der Waals surface area (Å²) in [7, 11) is 0. The van der Waals surface area contributed by atoms with Crippen molar-refractivity contribution in [2.75, 3.05) is 0 Å². The van der Waals surface area contributed by atoms with Crippen molar-refractivity contribution in [1.29, 1.82) is 0 Å². The number of benzene rings is 7. The van der Waals surface area contributed by atoms with E-state index in [9.17, 15) is 4.79 Å². The van der Waals surface area contributed by atoms with Crippen LogP contribution in [-0.4, -0.2) is 5.78 Å². The lowest BCUT2D eigenvalue weighted by molar-refractivity contribution is 0.103. The molecule has 0 spiro atoms. The van der Waals surface area contributed by atoms with Gasteiger partial charge in [-0.25, -0.2) is 0 Å². The molecule has 204 valence electrons. The molecule has 2 heteroatoms. The molecule has 0 heterocycles. The summed E-state index contributed by atoms with van der Waals surface area (Å²) in [5.74, 6) is 0.00284. The zero-order valence-corrected chi connectivity index (χ0v) is 25.0. The summed E-state index contributed by atoms with van der Waals surface area (Å²) in [6, 6.07) is 56.2. The van der Waals surface area contributed by atoms with Crippen molar-refractivity contribution >= 4 is 32.5 Å². The Kier molecular flexibility index (Phi) is 7.28. The van der Waals surface area contributed by atoms with Gasteiger partial charge in [0.1, 0.15) is 0 Å². The maximum Gasteiger partial charge on any atom is 0.193 e. The SMILES string of the molecule is O=C(c1ccc(Br)cc1)c1ccc2c(-c3ccccc3)c(-c3ccccc3)c(-c3ccccc3)c(-c3ccccc3)c2c1. The van der Waals surface area contributed by atoms with Gasteiger partial charge in [0.25, 0.3) is 0 Å². The van der Waals surface area contributed by atoms with Gasteiger partial charge in [-0.05, 0) is 85.6 Å². The molecule has 0 bridgehead atoms. The van der Waals surface area contributed by atoms with E-state index in [1.807, 2.05) is 36.4 Å². The summed E-state index contributed by atoms with van der Waals surface area (Å²) in [5, 5.41) is 2.16. The van der Waals surface area contributed by atoms with Crippen molar-refractivity contribution in [1.82, 2.24) is 0 Å². The molecule has 0 unspecified atom stereocenters. The highest BCUT2D eigenvalue weighted by molar-refractivity contribution is 9.10. The Balaban J connectivity index is 1.67. The summed E-state index contributed by atoms with van der Waals surface area (Å²) in [4.78, 5) is 13.8. The number of halogens is 1. The van der Waals surface area contributed by atoms with E-state index < -0.39 is 0 Å². The predicted octanol–water partition coefficient (Wildman–Crippen LogP) is 11.5. The van der Waals surface area contributed by atoms with Crippen LogP contribution in [0.25, 0.3) is 55.3 Å². The van der Waals surface area contributed by atoms with Crippen LogP contribution in [-0.2, 0) is 0 Å². The minimum absolute atomic E-state index is 0.00284. The van der Waals surface area contributed by atoms with Gasteiger partial charge in [0, 0.05) is 15.6 Å². The fraction of sp³-hybridized carbons (Fsp3) is 0. The highest BCUT2D eigenvalue weighted by Crippen LogP contribution is 2.50. The van der Waals surface area contributed by atoms with Crippen LogP contribution < -0.4 is 0 Å². The Labute approximate surface area is 260 Å². The van der Waals surface area contributed by atoms with E-state index in [0.717, 1.165) is 54.2 Å². The third-order valence-electron chi connectivity index (χ3n) is 7.93. The van der Waals surface area contributed by atoms with Gasteiger partial charge in [-0.1, -0.05) is 149 Å². The first-order valence-electron chi connectivity index (χ1n) is 14.3. The van der Waals surface area contributed by atoms with E-state index in [-0.39, 0.29) is 5.78 Å². The first-order valence-corrected chi connectivity index (χ1v) is 15.1. The normalized spacial score (nSPS) is 11.0. The fourth-order valence-electron chi connectivity index (χ4n) is 5.99. The molecule has 43 heavy (non-hydrogen) atoms. The second-order valence-corrected chi connectivity index (χ2v) is 11.5. The van der Waals surface area contributed by atoms with Gasteiger partial charge in [0.2, 0.25) is 0 Å². The van der Waals surface area contributed by atoms with E-state index in [1.54, 1.807) is 0 Å². The van der Waals surface area contributed by atoms with Gasteiger partial charge in [0.05, 0.1) is 0 Å². The van der Waals surface area contributed by atoms with Crippen molar-refractivity contribution in [2.24, 2.45) is 0 Å². The maximum atomic E-state index is 13.8. The lowest BCUT2D eigenvalue weighted by Gasteiger charge is -2.24. The van der Waals surface area contributed by atoms with Crippen LogP contribution in [0.2, 0.25) is 0 Å². The van der Waals surface area contributed by atoms with Crippen LogP contribution in [0.4, 0.5) is 0 Å². The predicted molar refractivity (Wildman–Crippen MR) is 183 cm³/mol. The van der Waals surface area contributed by atoms with E-state index in [2.05, 4.69) is 143 Å². The molecule has 0 aliphatic carbocycles. The molecule has 7 aromatic carbocycles. The topological polar surface area (TPSA) is 17.1 Å². The van der Waals surface area contributed by atoms with Crippen LogP contribution in [0.1, 0.15) is 15.9 Å². The molecule has 7 aromatic rings. The lowest BCUT2D eigenvalue weighted by atomic mass is 9.78. The number of hydrogen-bond acceptors (Lipinski definition) is 1. The number of rotatable bonds is 6. The van der Waals surface area contributed by atoms with Crippen LogP contribution in [0, 0.1) is 0 Å². The minimum Gasteiger partial charge on any atom is -0.289 e. The van der Waals surface area contributed by atoms with Crippen molar-refractivity contribution in [3.63, 3.8) is 0 Å². The molecular weight excluding hydrogens is 588 g/mol. The van der Waals surface area contributed by atoms with Crippen LogP contribution in [0.5, 0.6) is 0 Å². The standard InChI is InChI=1S/C41H27BrO/c42-34-24-21-32(22-25-34)41(43)33-23-26-35-36(27-33)38(29-15-7-2-8-16-29)40(31-19-11-4-12-20-31)39(30-17-9-3-10-18-30)37(35)28-13-5-1-6-14-28/h1-27H. The number of carbonyl (C=O) groups is 1. The van der Waals surface area contributed by atoms with E-state index in [1.165, 1.54) is 5.56 Å². The van der Waals surface area contributed by atoms with Crippen LogP contribution >= 0.6 is 15.9 Å². The third-order valence-corrected chi connectivity index (χ3v) is 8.46. The molecule has 0 atom stereocenters.